The highest BCUT2D eigenvalue weighted by Gasteiger charge is 2.11. The summed E-state index contributed by atoms with van der Waals surface area (Å²) in [6, 6.07) is 15.9. The second-order valence-corrected chi connectivity index (χ2v) is 6.42. The van der Waals surface area contributed by atoms with E-state index in [4.69, 9.17) is 12.2 Å². The Morgan fingerprint density at radius 3 is 2.79 bits per heavy atom. The molecular weight excluding hydrogens is 386 g/mol. The van der Waals surface area contributed by atoms with Gasteiger partial charge in [0.05, 0.1) is 6.21 Å². The molecule has 2 aromatic heterocycles. The van der Waals surface area contributed by atoms with E-state index in [2.05, 4.69) is 42.3 Å². The molecule has 0 saturated heterocycles. The van der Waals surface area contributed by atoms with Crippen molar-refractivity contribution in [3.8, 4) is 11.4 Å². The summed E-state index contributed by atoms with van der Waals surface area (Å²) >= 11 is 8.86. The van der Waals surface area contributed by atoms with E-state index in [1.807, 2.05) is 48.7 Å². The average molecular weight is 398 g/mol. The van der Waals surface area contributed by atoms with Crippen molar-refractivity contribution in [3.63, 3.8) is 0 Å². The molecule has 0 unspecified atom stereocenters. The molecule has 2 heterocycles. The molecule has 4 rings (SSSR count). The number of fused-ring (bicyclic) bond motifs is 1. The topological polar surface area (TPSA) is 61.8 Å². The Morgan fingerprint density at radius 1 is 1.12 bits per heavy atom. The van der Waals surface area contributed by atoms with Crippen molar-refractivity contribution in [1.29, 1.82) is 0 Å². The minimum absolute atomic E-state index is 0.442. The van der Waals surface area contributed by atoms with Crippen LogP contribution >= 0.6 is 28.1 Å². The molecule has 118 valence electrons. The van der Waals surface area contributed by atoms with Gasteiger partial charge in [-0.2, -0.15) is 14.9 Å². The van der Waals surface area contributed by atoms with Crippen LogP contribution in [-0.4, -0.2) is 26.1 Å². The molecule has 2 aromatic carbocycles. The first-order chi connectivity index (χ1) is 11.7. The maximum atomic E-state index is 5.31. The van der Waals surface area contributed by atoms with Crippen molar-refractivity contribution in [2.45, 2.75) is 0 Å². The number of H-pyrrole nitrogens is 2. The fourth-order valence-corrected chi connectivity index (χ4v) is 3.18. The van der Waals surface area contributed by atoms with Crippen LogP contribution in [0.2, 0.25) is 0 Å². The summed E-state index contributed by atoms with van der Waals surface area (Å²) in [6.07, 6.45) is 3.71. The van der Waals surface area contributed by atoms with Crippen molar-refractivity contribution in [3.05, 3.63) is 69.5 Å². The minimum Gasteiger partial charge on any atom is -0.361 e. The summed E-state index contributed by atoms with van der Waals surface area (Å²) in [5.74, 6) is 0.656. The first-order valence-electron chi connectivity index (χ1n) is 7.27. The Kier molecular flexibility index (Phi) is 3.87. The van der Waals surface area contributed by atoms with Gasteiger partial charge in [-0.3, -0.25) is 0 Å². The van der Waals surface area contributed by atoms with Crippen LogP contribution < -0.4 is 0 Å². The highest BCUT2D eigenvalue weighted by Crippen LogP contribution is 2.26. The molecule has 0 radical (unpaired) electrons. The standard InChI is InChI=1S/C17H12BrN5S/c18-14-7-3-1-6-13(14)16-21-22-17(24)23(16)20-10-11-9-19-15-8-4-2-5-12(11)15/h1-10,19H,(H,22,24). The Labute approximate surface area is 151 Å². The number of aromatic nitrogens is 4. The quantitative estimate of drug-likeness (QED) is 0.387. The van der Waals surface area contributed by atoms with Gasteiger partial charge in [-0.05, 0) is 30.4 Å². The zero-order valence-corrected chi connectivity index (χ0v) is 14.8. The molecule has 0 atom stereocenters. The number of para-hydroxylation sites is 1. The highest BCUT2D eigenvalue weighted by molar-refractivity contribution is 9.10. The molecule has 5 nitrogen and oxygen atoms in total. The molecule has 4 aromatic rings. The van der Waals surface area contributed by atoms with Crippen molar-refractivity contribution in [2.75, 3.05) is 0 Å². The smallest absolute Gasteiger partial charge is 0.216 e. The van der Waals surface area contributed by atoms with Crippen LogP contribution in [0.4, 0.5) is 0 Å². The summed E-state index contributed by atoms with van der Waals surface area (Å²) in [4.78, 5) is 3.23. The third-order valence-corrected chi connectivity index (χ3v) is 4.65. The summed E-state index contributed by atoms with van der Waals surface area (Å²) in [5, 5.41) is 12.7. The van der Waals surface area contributed by atoms with Gasteiger partial charge in [-0.1, -0.05) is 46.3 Å². The maximum absolute atomic E-state index is 5.31. The summed E-state index contributed by atoms with van der Waals surface area (Å²) < 4.78 is 3.00. The van der Waals surface area contributed by atoms with Crippen molar-refractivity contribution in [2.24, 2.45) is 5.10 Å². The lowest BCUT2D eigenvalue weighted by Gasteiger charge is -2.03. The van der Waals surface area contributed by atoms with Crippen LogP contribution in [-0.2, 0) is 0 Å². The van der Waals surface area contributed by atoms with Gasteiger partial charge in [0.15, 0.2) is 5.82 Å². The zero-order chi connectivity index (χ0) is 16.5. The number of benzene rings is 2. The largest absolute Gasteiger partial charge is 0.361 e. The monoisotopic (exact) mass is 397 g/mol. The molecule has 0 spiro atoms. The van der Waals surface area contributed by atoms with E-state index >= 15 is 0 Å². The van der Waals surface area contributed by atoms with E-state index in [9.17, 15) is 0 Å². The zero-order valence-electron chi connectivity index (χ0n) is 12.4. The minimum atomic E-state index is 0.442. The lowest BCUT2D eigenvalue weighted by atomic mass is 10.2. The molecule has 0 amide bonds. The third kappa shape index (κ3) is 2.61. The van der Waals surface area contributed by atoms with E-state index in [0.29, 0.717) is 10.6 Å². The van der Waals surface area contributed by atoms with Gasteiger partial charge >= 0.3 is 0 Å². The Hall–Kier alpha value is -2.51. The summed E-state index contributed by atoms with van der Waals surface area (Å²) in [7, 11) is 0. The van der Waals surface area contributed by atoms with E-state index in [-0.39, 0.29) is 0 Å². The normalized spacial score (nSPS) is 11.5. The van der Waals surface area contributed by atoms with Gasteiger partial charge < -0.3 is 4.98 Å². The van der Waals surface area contributed by atoms with Crippen LogP contribution in [0.5, 0.6) is 0 Å². The van der Waals surface area contributed by atoms with Gasteiger partial charge in [0.2, 0.25) is 4.77 Å². The van der Waals surface area contributed by atoms with Crippen LogP contribution in [0, 0.1) is 4.77 Å². The van der Waals surface area contributed by atoms with E-state index < -0.39 is 0 Å². The van der Waals surface area contributed by atoms with Gasteiger partial charge in [-0.15, -0.1) is 0 Å². The number of hydrogen-bond acceptors (Lipinski definition) is 3. The summed E-state index contributed by atoms with van der Waals surface area (Å²) in [6.45, 7) is 0. The highest BCUT2D eigenvalue weighted by atomic mass is 79.9. The van der Waals surface area contributed by atoms with E-state index in [0.717, 1.165) is 26.5 Å². The molecule has 0 aliphatic heterocycles. The van der Waals surface area contributed by atoms with Gasteiger partial charge in [0.1, 0.15) is 0 Å². The van der Waals surface area contributed by atoms with Crippen LogP contribution in [0.15, 0.2) is 64.3 Å². The predicted octanol–water partition coefficient (Wildman–Crippen LogP) is 4.73. The average Bonchev–Trinajstić information content (AvgIpc) is 3.17. The Balaban J connectivity index is 1.80. The number of aromatic amines is 2. The molecular formula is C17H12BrN5S. The van der Waals surface area contributed by atoms with Gasteiger partial charge in [0, 0.05) is 32.7 Å². The number of nitrogens with zero attached hydrogens (tertiary/aromatic N) is 3. The summed E-state index contributed by atoms with van der Waals surface area (Å²) in [5.41, 5.74) is 2.98. The second-order valence-electron chi connectivity index (χ2n) is 5.18. The van der Waals surface area contributed by atoms with Crippen LogP contribution in [0.3, 0.4) is 0 Å². The number of rotatable bonds is 3. The van der Waals surface area contributed by atoms with Crippen molar-refractivity contribution < 1.29 is 0 Å². The molecule has 0 aliphatic carbocycles. The molecule has 0 fully saturated rings. The number of hydrogen-bond donors (Lipinski definition) is 2. The lowest BCUT2D eigenvalue weighted by Crippen LogP contribution is -1.95. The molecule has 0 aliphatic rings. The van der Waals surface area contributed by atoms with Crippen molar-refractivity contribution >= 4 is 45.3 Å². The first-order valence-corrected chi connectivity index (χ1v) is 8.47. The number of nitrogens with one attached hydrogen (secondary N) is 2. The molecule has 24 heavy (non-hydrogen) atoms. The molecule has 0 saturated carbocycles. The second kappa shape index (κ2) is 6.18. The Bertz CT molecular complexity index is 1110. The van der Waals surface area contributed by atoms with Crippen LogP contribution in [0.25, 0.3) is 22.3 Å². The fraction of sp³-hybridized carbons (Fsp3) is 0. The lowest BCUT2D eigenvalue weighted by molar-refractivity contribution is 0.871. The van der Waals surface area contributed by atoms with Crippen molar-refractivity contribution in [1.82, 2.24) is 19.9 Å². The molecule has 2 N–H and O–H groups in total. The van der Waals surface area contributed by atoms with Gasteiger partial charge in [-0.25, -0.2) is 5.10 Å². The molecule has 7 heteroatoms. The predicted molar refractivity (Wildman–Crippen MR) is 102 cm³/mol. The maximum Gasteiger partial charge on any atom is 0.216 e. The van der Waals surface area contributed by atoms with E-state index in [1.54, 1.807) is 10.9 Å². The third-order valence-electron chi connectivity index (χ3n) is 3.70. The SMILES string of the molecule is S=c1[nH]nc(-c2ccccc2Br)n1N=Cc1c[nH]c2ccccc12. The number of halogens is 1. The van der Waals surface area contributed by atoms with Gasteiger partial charge in [0.25, 0.3) is 0 Å². The first kappa shape index (κ1) is 15.0. The van der Waals surface area contributed by atoms with E-state index in [1.165, 1.54) is 0 Å². The van der Waals surface area contributed by atoms with Crippen LogP contribution in [0.1, 0.15) is 5.56 Å². The molecule has 0 bridgehead atoms. The Morgan fingerprint density at radius 2 is 1.92 bits per heavy atom. The fourth-order valence-electron chi connectivity index (χ4n) is 2.54.